The van der Waals surface area contributed by atoms with Gasteiger partial charge < -0.3 is 14.8 Å². The number of carbonyl (C=O) groups is 1. The normalized spacial score (nSPS) is 16.6. The second-order valence-corrected chi connectivity index (χ2v) is 8.04. The smallest absolute Gasteiger partial charge is 0.263 e. The van der Waals surface area contributed by atoms with E-state index in [1.165, 1.54) is 6.07 Å². The molecule has 0 radical (unpaired) electrons. The van der Waals surface area contributed by atoms with Crippen LogP contribution in [0.5, 0.6) is 11.5 Å². The Labute approximate surface area is 170 Å². The Morgan fingerprint density at radius 1 is 1.21 bits per heavy atom. The Morgan fingerprint density at radius 3 is 2.69 bits per heavy atom. The van der Waals surface area contributed by atoms with Crippen molar-refractivity contribution in [2.45, 2.75) is 31.3 Å². The number of sulfonamides is 1. The fourth-order valence-electron chi connectivity index (χ4n) is 2.92. The van der Waals surface area contributed by atoms with Crippen LogP contribution >= 0.6 is 0 Å². The molecule has 2 aromatic carbocycles. The first-order chi connectivity index (χ1) is 13.9. The van der Waals surface area contributed by atoms with E-state index in [4.69, 9.17) is 9.47 Å². The molecule has 0 saturated heterocycles. The molecule has 1 heterocycles. The van der Waals surface area contributed by atoms with Crippen LogP contribution in [0.25, 0.3) is 0 Å². The van der Waals surface area contributed by atoms with Gasteiger partial charge in [0.2, 0.25) is 5.91 Å². The zero-order valence-corrected chi connectivity index (χ0v) is 17.2. The summed E-state index contributed by atoms with van der Waals surface area (Å²) in [6.45, 7) is 4.30. The van der Waals surface area contributed by atoms with Crippen molar-refractivity contribution in [2.75, 3.05) is 13.7 Å². The van der Waals surface area contributed by atoms with Gasteiger partial charge in [-0.1, -0.05) is 18.2 Å². The molecule has 1 amide bonds. The molecule has 29 heavy (non-hydrogen) atoms. The van der Waals surface area contributed by atoms with Crippen LogP contribution in [0.4, 0.5) is 0 Å². The van der Waals surface area contributed by atoms with Crippen molar-refractivity contribution in [3.05, 3.63) is 53.6 Å². The molecule has 1 aliphatic heterocycles. The maximum absolute atomic E-state index is 12.4. The van der Waals surface area contributed by atoms with Gasteiger partial charge in [0.05, 0.1) is 18.6 Å². The molecule has 0 aromatic heterocycles. The van der Waals surface area contributed by atoms with Crippen LogP contribution in [0.15, 0.2) is 52.4 Å². The Hall–Kier alpha value is -3.07. The molecule has 2 N–H and O–H groups in total. The molecule has 9 heteroatoms. The number of aliphatic imine (C=N–C) groups is 1. The summed E-state index contributed by atoms with van der Waals surface area (Å²) in [5.41, 5.74) is 1.30. The van der Waals surface area contributed by atoms with E-state index in [-0.39, 0.29) is 23.2 Å². The van der Waals surface area contributed by atoms with E-state index in [9.17, 15) is 13.2 Å². The number of nitrogens with one attached hydrogen (secondary N) is 2. The van der Waals surface area contributed by atoms with E-state index < -0.39 is 16.1 Å². The molecule has 0 aliphatic carbocycles. The summed E-state index contributed by atoms with van der Waals surface area (Å²) in [6.07, 6.45) is 0. The van der Waals surface area contributed by atoms with Crippen LogP contribution in [0.2, 0.25) is 0 Å². The number of benzene rings is 2. The first-order valence-corrected chi connectivity index (χ1v) is 10.6. The Bertz CT molecular complexity index is 1050. The van der Waals surface area contributed by atoms with Crippen molar-refractivity contribution in [3.63, 3.8) is 0 Å². The van der Waals surface area contributed by atoms with Crippen molar-refractivity contribution in [1.29, 1.82) is 0 Å². The molecule has 1 atom stereocenters. The highest BCUT2D eigenvalue weighted by Gasteiger charge is 2.31. The predicted molar refractivity (Wildman–Crippen MR) is 109 cm³/mol. The van der Waals surface area contributed by atoms with E-state index in [1.807, 2.05) is 13.0 Å². The summed E-state index contributed by atoms with van der Waals surface area (Å²) < 4.78 is 37.5. The van der Waals surface area contributed by atoms with Crippen LogP contribution in [-0.2, 0) is 21.4 Å². The molecule has 3 rings (SSSR count). The van der Waals surface area contributed by atoms with Gasteiger partial charge >= 0.3 is 0 Å². The Morgan fingerprint density at radius 2 is 1.97 bits per heavy atom. The predicted octanol–water partition coefficient (Wildman–Crippen LogP) is 1.84. The molecule has 0 saturated carbocycles. The van der Waals surface area contributed by atoms with E-state index >= 15 is 0 Å². The number of methoxy groups -OCH3 is 1. The molecule has 0 spiro atoms. The van der Waals surface area contributed by atoms with Gasteiger partial charge in [0.15, 0.2) is 11.5 Å². The second-order valence-electron chi connectivity index (χ2n) is 6.39. The summed E-state index contributed by atoms with van der Waals surface area (Å²) in [4.78, 5) is 16.9. The lowest BCUT2D eigenvalue weighted by molar-refractivity contribution is -0.122. The van der Waals surface area contributed by atoms with E-state index in [0.29, 0.717) is 23.7 Å². The van der Waals surface area contributed by atoms with Crippen LogP contribution < -0.4 is 19.5 Å². The van der Waals surface area contributed by atoms with Gasteiger partial charge in [-0.15, -0.1) is 0 Å². The van der Waals surface area contributed by atoms with Gasteiger partial charge in [0.1, 0.15) is 11.9 Å². The third-order valence-electron chi connectivity index (χ3n) is 4.36. The zero-order chi connectivity index (χ0) is 21.0. The summed E-state index contributed by atoms with van der Waals surface area (Å²) in [5.74, 6) is 1.07. The number of amides is 1. The van der Waals surface area contributed by atoms with Crippen molar-refractivity contribution in [3.8, 4) is 11.5 Å². The van der Waals surface area contributed by atoms with Gasteiger partial charge in [-0.2, -0.15) is 0 Å². The minimum atomic E-state index is -3.64. The zero-order valence-electron chi connectivity index (χ0n) is 16.4. The fourth-order valence-corrected chi connectivity index (χ4v) is 4.15. The lowest BCUT2D eigenvalue weighted by Crippen LogP contribution is -2.33. The molecule has 0 unspecified atom stereocenters. The van der Waals surface area contributed by atoms with E-state index in [2.05, 4.69) is 15.0 Å². The highest BCUT2D eigenvalue weighted by Crippen LogP contribution is 2.28. The molecule has 2 aromatic rings. The van der Waals surface area contributed by atoms with Crippen molar-refractivity contribution >= 4 is 21.8 Å². The SMILES string of the molecule is CCOc1ccc(CNC(=O)[C@H](C)N=C2NS(=O)(=O)c3ccccc32)cc1OC. The molecular formula is C20H23N3O5S. The summed E-state index contributed by atoms with van der Waals surface area (Å²) in [7, 11) is -2.08. The fraction of sp³-hybridized carbons (Fsp3) is 0.300. The molecular weight excluding hydrogens is 394 g/mol. The summed E-state index contributed by atoms with van der Waals surface area (Å²) in [5, 5.41) is 2.80. The second kappa shape index (κ2) is 8.52. The number of nitrogens with zero attached hydrogens (tertiary/aromatic N) is 1. The van der Waals surface area contributed by atoms with Crippen molar-refractivity contribution < 1.29 is 22.7 Å². The number of rotatable bonds is 7. The summed E-state index contributed by atoms with van der Waals surface area (Å²) in [6, 6.07) is 11.2. The molecule has 1 aliphatic rings. The maximum atomic E-state index is 12.4. The minimum absolute atomic E-state index is 0.160. The Kier molecular flexibility index (Phi) is 6.07. The van der Waals surface area contributed by atoms with Crippen LogP contribution in [0.1, 0.15) is 25.0 Å². The number of hydrogen-bond acceptors (Lipinski definition) is 6. The first kappa shape index (κ1) is 20.7. The molecule has 8 nitrogen and oxygen atoms in total. The number of carbonyl (C=O) groups excluding carboxylic acids is 1. The van der Waals surface area contributed by atoms with Crippen molar-refractivity contribution in [2.24, 2.45) is 4.99 Å². The number of amidine groups is 1. The first-order valence-electron chi connectivity index (χ1n) is 9.13. The lowest BCUT2D eigenvalue weighted by Gasteiger charge is -2.13. The largest absolute Gasteiger partial charge is 0.493 e. The third kappa shape index (κ3) is 4.51. The Balaban J connectivity index is 1.68. The van der Waals surface area contributed by atoms with Crippen LogP contribution in [0.3, 0.4) is 0 Å². The lowest BCUT2D eigenvalue weighted by atomic mass is 10.2. The van der Waals surface area contributed by atoms with Gasteiger partial charge in [-0.25, -0.2) is 8.42 Å². The van der Waals surface area contributed by atoms with Gasteiger partial charge in [-0.05, 0) is 43.7 Å². The average molecular weight is 417 g/mol. The minimum Gasteiger partial charge on any atom is -0.493 e. The van der Waals surface area contributed by atoms with E-state index in [1.54, 1.807) is 44.4 Å². The average Bonchev–Trinajstić information content (AvgIpc) is 2.97. The standard InChI is InChI=1S/C20H23N3O5S/c1-4-28-16-10-9-14(11-17(16)27-3)12-21-20(24)13(2)22-19-15-7-5-6-8-18(15)29(25,26)23-19/h5-11,13H,4,12H2,1-3H3,(H,21,24)(H,22,23)/t13-/m0/s1. The van der Waals surface area contributed by atoms with Crippen LogP contribution in [0, 0.1) is 0 Å². The molecule has 0 bridgehead atoms. The maximum Gasteiger partial charge on any atom is 0.263 e. The van der Waals surface area contributed by atoms with E-state index in [0.717, 1.165) is 5.56 Å². The third-order valence-corrected chi connectivity index (χ3v) is 5.76. The quantitative estimate of drug-likeness (QED) is 0.715. The number of fused-ring (bicyclic) bond motifs is 1. The monoisotopic (exact) mass is 417 g/mol. The van der Waals surface area contributed by atoms with Crippen LogP contribution in [-0.4, -0.2) is 39.9 Å². The highest BCUT2D eigenvalue weighted by atomic mass is 32.2. The summed E-state index contributed by atoms with van der Waals surface area (Å²) >= 11 is 0. The van der Waals surface area contributed by atoms with Gasteiger partial charge in [0, 0.05) is 12.1 Å². The van der Waals surface area contributed by atoms with Gasteiger partial charge in [0.25, 0.3) is 10.0 Å². The topological polar surface area (TPSA) is 106 Å². The van der Waals surface area contributed by atoms with Crippen molar-refractivity contribution in [1.82, 2.24) is 10.0 Å². The molecule has 154 valence electrons. The highest BCUT2D eigenvalue weighted by molar-refractivity contribution is 7.90. The number of hydrogen-bond donors (Lipinski definition) is 2. The van der Waals surface area contributed by atoms with Gasteiger partial charge in [-0.3, -0.25) is 14.5 Å². The number of ether oxygens (including phenoxy) is 2. The molecule has 0 fully saturated rings.